The highest BCUT2D eigenvalue weighted by Crippen LogP contribution is 2.33. The van der Waals surface area contributed by atoms with Crippen molar-refractivity contribution in [3.05, 3.63) is 36.9 Å². The maximum atomic E-state index is 12.1. The molecule has 1 heterocycles. The first-order valence-electron chi connectivity index (χ1n) is 5.22. The van der Waals surface area contributed by atoms with E-state index in [1.165, 1.54) is 4.90 Å². The van der Waals surface area contributed by atoms with Gasteiger partial charge in [-0.15, -0.1) is 6.58 Å². The lowest BCUT2D eigenvalue weighted by molar-refractivity contribution is -0.120. The molecule has 17 heavy (non-hydrogen) atoms. The van der Waals surface area contributed by atoms with Gasteiger partial charge in [-0.1, -0.05) is 29.8 Å². The van der Waals surface area contributed by atoms with Crippen LogP contribution in [0.4, 0.5) is 5.69 Å². The minimum absolute atomic E-state index is 0.269. The van der Waals surface area contributed by atoms with Crippen LogP contribution in [0.3, 0.4) is 0 Å². The number of ether oxygens (including phenoxy) is 1. The average Bonchev–Trinajstić information content (AvgIpc) is 2.42. The molecular formula is C12H13ClN2O2. The van der Waals surface area contributed by atoms with Gasteiger partial charge in [-0.05, 0) is 12.1 Å². The van der Waals surface area contributed by atoms with Gasteiger partial charge < -0.3 is 15.4 Å². The molecule has 5 heteroatoms. The molecule has 2 rings (SSSR count). The lowest BCUT2D eigenvalue weighted by Gasteiger charge is -2.21. The molecule has 0 saturated carbocycles. The number of carbonyl (C=O) groups is 1. The largest absolute Gasteiger partial charge is 0.470 e. The maximum absolute atomic E-state index is 12.1. The van der Waals surface area contributed by atoms with E-state index in [2.05, 4.69) is 6.58 Å². The van der Waals surface area contributed by atoms with E-state index in [4.69, 9.17) is 22.1 Å². The molecule has 1 aliphatic rings. The lowest BCUT2D eigenvalue weighted by Crippen LogP contribution is -2.48. The van der Waals surface area contributed by atoms with Crippen LogP contribution in [-0.4, -0.2) is 24.1 Å². The number of alkyl halides is 1. The summed E-state index contributed by atoms with van der Waals surface area (Å²) in [6, 6.07) is 6.30. The van der Waals surface area contributed by atoms with Gasteiger partial charge in [0, 0.05) is 6.54 Å². The zero-order valence-electron chi connectivity index (χ0n) is 9.17. The summed E-state index contributed by atoms with van der Waals surface area (Å²) < 4.78 is 5.46. The number of amides is 1. The van der Waals surface area contributed by atoms with Gasteiger partial charge in [-0.3, -0.25) is 4.79 Å². The highest BCUT2D eigenvalue weighted by Gasteiger charge is 2.34. The van der Waals surface area contributed by atoms with Gasteiger partial charge in [0.05, 0.1) is 5.69 Å². The van der Waals surface area contributed by atoms with Crippen LogP contribution < -0.4 is 15.4 Å². The minimum Gasteiger partial charge on any atom is -0.470 e. The Hall–Kier alpha value is -1.52. The maximum Gasteiger partial charge on any atom is 0.249 e. The van der Waals surface area contributed by atoms with Crippen LogP contribution in [0.1, 0.15) is 0 Å². The van der Waals surface area contributed by atoms with Crippen molar-refractivity contribution in [3.8, 4) is 5.75 Å². The molecule has 2 atom stereocenters. The van der Waals surface area contributed by atoms with Crippen LogP contribution in [0.15, 0.2) is 36.9 Å². The summed E-state index contributed by atoms with van der Waals surface area (Å²) in [5.74, 6) is 0.283. The van der Waals surface area contributed by atoms with Crippen molar-refractivity contribution in [1.82, 2.24) is 0 Å². The summed E-state index contributed by atoms with van der Waals surface area (Å²) in [6.45, 7) is 4.00. The van der Waals surface area contributed by atoms with E-state index in [0.717, 1.165) is 0 Å². The molecule has 90 valence electrons. The van der Waals surface area contributed by atoms with E-state index in [0.29, 0.717) is 18.0 Å². The smallest absolute Gasteiger partial charge is 0.249 e. The summed E-state index contributed by atoms with van der Waals surface area (Å²) >= 11 is 5.94. The summed E-state index contributed by atoms with van der Waals surface area (Å²) in [7, 11) is 0. The number of halogens is 1. The Morgan fingerprint density at radius 1 is 1.53 bits per heavy atom. The number of carbonyl (C=O) groups excluding carboxylic acids is 1. The normalized spacial score (nSPS) is 23.6. The van der Waals surface area contributed by atoms with Gasteiger partial charge in [0.2, 0.25) is 5.91 Å². The molecule has 4 nitrogen and oxygen atoms in total. The number of para-hydroxylation sites is 2. The molecule has 0 bridgehead atoms. The van der Waals surface area contributed by atoms with Crippen LogP contribution in [0.5, 0.6) is 5.75 Å². The highest BCUT2D eigenvalue weighted by atomic mass is 35.5. The first-order valence-corrected chi connectivity index (χ1v) is 5.66. The van der Waals surface area contributed by atoms with E-state index in [1.807, 2.05) is 12.1 Å². The molecule has 1 amide bonds. The number of anilines is 1. The van der Waals surface area contributed by atoms with Crippen LogP contribution in [0.25, 0.3) is 0 Å². The van der Waals surface area contributed by atoms with Gasteiger partial charge in [0.25, 0.3) is 0 Å². The van der Waals surface area contributed by atoms with Crippen molar-refractivity contribution in [2.45, 2.75) is 11.6 Å². The fraction of sp³-hybridized carbons (Fsp3) is 0.250. The number of nitrogens with two attached hydrogens (primary N) is 1. The molecule has 0 aromatic heterocycles. The van der Waals surface area contributed by atoms with Crippen LogP contribution in [-0.2, 0) is 4.79 Å². The molecule has 1 aromatic carbocycles. The zero-order chi connectivity index (χ0) is 12.4. The second kappa shape index (κ2) is 4.77. The van der Waals surface area contributed by atoms with Gasteiger partial charge in [0.1, 0.15) is 11.8 Å². The zero-order valence-corrected chi connectivity index (χ0v) is 9.93. The van der Waals surface area contributed by atoms with Gasteiger partial charge >= 0.3 is 0 Å². The Balaban J connectivity index is 2.49. The quantitative estimate of drug-likeness (QED) is 0.641. The summed E-state index contributed by atoms with van der Waals surface area (Å²) in [6.07, 6.45) is 1.63. The summed E-state index contributed by atoms with van der Waals surface area (Å²) in [4.78, 5) is 13.6. The van der Waals surface area contributed by atoms with Gasteiger partial charge in [-0.2, -0.15) is 0 Å². The number of hydrogen-bond donors (Lipinski definition) is 1. The second-order valence-electron chi connectivity index (χ2n) is 3.70. The van der Waals surface area contributed by atoms with Crippen molar-refractivity contribution < 1.29 is 9.53 Å². The third kappa shape index (κ3) is 2.14. The minimum atomic E-state index is -0.885. The van der Waals surface area contributed by atoms with Crippen molar-refractivity contribution in [1.29, 1.82) is 0 Å². The van der Waals surface area contributed by atoms with Gasteiger partial charge in [-0.25, -0.2) is 0 Å². The molecule has 0 aliphatic carbocycles. The molecule has 1 aromatic rings. The molecule has 0 radical (unpaired) electrons. The topological polar surface area (TPSA) is 55.6 Å². The third-order valence-electron chi connectivity index (χ3n) is 2.54. The number of rotatable bonds is 2. The number of hydrogen-bond acceptors (Lipinski definition) is 3. The Morgan fingerprint density at radius 2 is 2.24 bits per heavy atom. The molecule has 1 unspecified atom stereocenters. The molecule has 1 aliphatic heterocycles. The fourth-order valence-corrected chi connectivity index (χ4v) is 1.91. The third-order valence-corrected chi connectivity index (χ3v) is 2.90. The molecular weight excluding hydrogens is 240 g/mol. The molecule has 0 spiro atoms. The fourth-order valence-electron chi connectivity index (χ4n) is 1.70. The monoisotopic (exact) mass is 252 g/mol. The predicted octanol–water partition coefficient (Wildman–Crippen LogP) is 1.49. The standard InChI is InChI=1S/C12H13ClN2O2/c1-2-7-15-8-5-3-4-6-9(8)17-11(13)10(14)12(15)16/h2-6,10-11H,1,7,14H2/t10-,11?/m0/s1. The lowest BCUT2D eigenvalue weighted by atomic mass is 10.2. The summed E-state index contributed by atoms with van der Waals surface area (Å²) in [5, 5.41) is 0. The number of nitrogens with zero attached hydrogens (tertiary/aromatic N) is 1. The van der Waals surface area contributed by atoms with Crippen molar-refractivity contribution in [2.24, 2.45) is 5.73 Å². The number of fused-ring (bicyclic) bond motifs is 1. The SMILES string of the molecule is C=CCN1C(=O)[C@@H](N)C(Cl)Oc2ccccc21. The highest BCUT2D eigenvalue weighted by molar-refractivity contribution is 6.23. The van der Waals surface area contributed by atoms with E-state index in [1.54, 1.807) is 18.2 Å². The Labute approximate surface area is 105 Å². The van der Waals surface area contributed by atoms with Crippen molar-refractivity contribution in [3.63, 3.8) is 0 Å². The van der Waals surface area contributed by atoms with Crippen LogP contribution in [0, 0.1) is 0 Å². The molecule has 0 saturated heterocycles. The van der Waals surface area contributed by atoms with E-state index in [-0.39, 0.29) is 5.91 Å². The first kappa shape index (κ1) is 12.0. The van der Waals surface area contributed by atoms with Crippen molar-refractivity contribution >= 4 is 23.2 Å². The molecule has 0 fully saturated rings. The van der Waals surface area contributed by atoms with E-state index >= 15 is 0 Å². The van der Waals surface area contributed by atoms with E-state index < -0.39 is 11.6 Å². The summed E-state index contributed by atoms with van der Waals surface area (Å²) in [5.41, 5.74) is 5.54. The van der Waals surface area contributed by atoms with Crippen LogP contribution >= 0.6 is 11.6 Å². The van der Waals surface area contributed by atoms with E-state index in [9.17, 15) is 4.79 Å². The van der Waals surface area contributed by atoms with Gasteiger partial charge in [0.15, 0.2) is 5.56 Å². The average molecular weight is 253 g/mol. The van der Waals surface area contributed by atoms with Crippen LogP contribution in [0.2, 0.25) is 0 Å². The second-order valence-corrected chi connectivity index (χ2v) is 4.13. The first-order chi connectivity index (χ1) is 8.15. The Kier molecular flexibility index (Phi) is 3.36. The predicted molar refractivity (Wildman–Crippen MR) is 67.2 cm³/mol. The Morgan fingerprint density at radius 3 is 2.94 bits per heavy atom. The van der Waals surface area contributed by atoms with Crippen molar-refractivity contribution in [2.75, 3.05) is 11.4 Å². The Bertz CT molecular complexity index is 450. The molecule has 2 N–H and O–H groups in total. The number of benzene rings is 1.